The lowest BCUT2D eigenvalue weighted by Gasteiger charge is -2.09. The van der Waals surface area contributed by atoms with Gasteiger partial charge in [0.15, 0.2) is 11.5 Å². The summed E-state index contributed by atoms with van der Waals surface area (Å²) in [6, 6.07) is 7.86. The topological polar surface area (TPSA) is 91.2 Å². The Balaban J connectivity index is 1.83. The lowest BCUT2D eigenvalue weighted by Crippen LogP contribution is -2.07. The number of nitrogens with zero attached hydrogens (tertiary/aromatic N) is 3. The third-order valence-corrected chi connectivity index (χ3v) is 3.26. The van der Waals surface area contributed by atoms with Gasteiger partial charge in [0.2, 0.25) is 0 Å². The van der Waals surface area contributed by atoms with Gasteiger partial charge in [-0.1, -0.05) is 0 Å². The molecule has 0 atom stereocenters. The molecule has 2 heterocycles. The minimum atomic E-state index is -4.50. The zero-order chi connectivity index (χ0) is 18.0. The van der Waals surface area contributed by atoms with Gasteiger partial charge in [0.1, 0.15) is 17.8 Å². The summed E-state index contributed by atoms with van der Waals surface area (Å²) in [7, 11) is 0. The maximum atomic E-state index is 12.5. The van der Waals surface area contributed by atoms with Gasteiger partial charge in [-0.05, 0) is 30.3 Å². The van der Waals surface area contributed by atoms with E-state index in [0.717, 1.165) is 12.3 Å². The van der Waals surface area contributed by atoms with Crippen LogP contribution in [0.1, 0.15) is 5.69 Å². The van der Waals surface area contributed by atoms with Crippen LogP contribution in [0.2, 0.25) is 0 Å². The number of benzene rings is 1. The fraction of sp³-hybridized carbons (Fsp3) is 0.0625. The maximum absolute atomic E-state index is 12.5. The minimum absolute atomic E-state index is 0.257. The smallest absolute Gasteiger partial charge is 0.433 e. The number of halogens is 3. The van der Waals surface area contributed by atoms with Crippen LogP contribution in [0.15, 0.2) is 48.9 Å². The van der Waals surface area contributed by atoms with Gasteiger partial charge < -0.3 is 15.5 Å². The summed E-state index contributed by atoms with van der Waals surface area (Å²) < 4.78 is 37.5. The molecule has 2 aromatic heterocycles. The fourth-order valence-corrected chi connectivity index (χ4v) is 2.05. The zero-order valence-corrected chi connectivity index (χ0v) is 12.5. The fourth-order valence-electron chi connectivity index (χ4n) is 2.05. The van der Waals surface area contributed by atoms with Gasteiger partial charge in [-0.25, -0.2) is 15.0 Å². The molecule has 3 N–H and O–H groups in total. The average Bonchev–Trinajstić information content (AvgIpc) is 2.57. The van der Waals surface area contributed by atoms with E-state index in [1.54, 1.807) is 12.1 Å². The van der Waals surface area contributed by atoms with Crippen LogP contribution in [0, 0.1) is 0 Å². The molecule has 0 radical (unpaired) electrons. The van der Waals surface area contributed by atoms with Crippen molar-refractivity contribution < 1.29 is 23.4 Å². The summed E-state index contributed by atoms with van der Waals surface area (Å²) in [5, 5.41) is 21.7. The van der Waals surface area contributed by atoms with Gasteiger partial charge >= 0.3 is 6.18 Å². The zero-order valence-electron chi connectivity index (χ0n) is 12.5. The molecule has 0 saturated carbocycles. The third kappa shape index (κ3) is 3.77. The predicted molar refractivity (Wildman–Crippen MR) is 83.3 cm³/mol. The van der Waals surface area contributed by atoms with Crippen LogP contribution in [0.5, 0.6) is 11.5 Å². The van der Waals surface area contributed by atoms with Gasteiger partial charge in [-0.15, -0.1) is 0 Å². The Hall–Kier alpha value is -3.36. The number of alkyl halides is 3. The van der Waals surface area contributed by atoms with Crippen molar-refractivity contribution in [2.24, 2.45) is 0 Å². The highest BCUT2D eigenvalue weighted by molar-refractivity contribution is 5.67. The van der Waals surface area contributed by atoms with Crippen molar-refractivity contribution in [2.75, 3.05) is 5.32 Å². The van der Waals surface area contributed by atoms with Crippen molar-refractivity contribution in [1.29, 1.82) is 0 Å². The molecule has 0 spiro atoms. The molecule has 0 aliphatic heterocycles. The molecule has 0 aliphatic carbocycles. The normalized spacial score (nSPS) is 11.3. The highest BCUT2D eigenvalue weighted by Gasteiger charge is 2.32. The molecule has 0 bridgehead atoms. The number of rotatable bonds is 3. The van der Waals surface area contributed by atoms with E-state index in [4.69, 9.17) is 0 Å². The molecule has 3 rings (SSSR count). The minimum Gasteiger partial charge on any atom is -0.504 e. The van der Waals surface area contributed by atoms with E-state index in [-0.39, 0.29) is 11.5 Å². The van der Waals surface area contributed by atoms with Crippen LogP contribution in [-0.2, 0) is 6.18 Å². The van der Waals surface area contributed by atoms with E-state index in [1.807, 2.05) is 0 Å². The van der Waals surface area contributed by atoms with Gasteiger partial charge in [0.25, 0.3) is 0 Å². The van der Waals surface area contributed by atoms with Crippen LogP contribution in [0.4, 0.5) is 24.7 Å². The first-order valence-corrected chi connectivity index (χ1v) is 6.97. The molecule has 3 aromatic rings. The van der Waals surface area contributed by atoms with E-state index in [2.05, 4.69) is 20.3 Å². The second-order valence-corrected chi connectivity index (χ2v) is 5.05. The SMILES string of the molecule is Oc1ccc(-c2cc(Nc3ccc(C(F)(F)F)nc3)ncn2)cc1O. The van der Waals surface area contributed by atoms with Crippen molar-refractivity contribution in [1.82, 2.24) is 15.0 Å². The molecule has 25 heavy (non-hydrogen) atoms. The lowest BCUT2D eigenvalue weighted by molar-refractivity contribution is -0.141. The average molecular weight is 348 g/mol. The molecule has 0 fully saturated rings. The van der Waals surface area contributed by atoms with Crippen LogP contribution in [0.25, 0.3) is 11.3 Å². The molecule has 6 nitrogen and oxygen atoms in total. The Morgan fingerprint density at radius 3 is 2.32 bits per heavy atom. The highest BCUT2D eigenvalue weighted by atomic mass is 19.4. The Morgan fingerprint density at radius 2 is 1.68 bits per heavy atom. The molecule has 1 aromatic carbocycles. The number of hydrogen-bond donors (Lipinski definition) is 3. The van der Waals surface area contributed by atoms with Crippen molar-refractivity contribution >= 4 is 11.5 Å². The Labute approximate surface area is 139 Å². The van der Waals surface area contributed by atoms with Crippen LogP contribution >= 0.6 is 0 Å². The summed E-state index contributed by atoms with van der Waals surface area (Å²) in [6.45, 7) is 0. The second-order valence-electron chi connectivity index (χ2n) is 5.05. The molecule has 0 unspecified atom stereocenters. The molecular weight excluding hydrogens is 337 g/mol. The van der Waals surface area contributed by atoms with E-state index >= 15 is 0 Å². The summed E-state index contributed by atoms with van der Waals surface area (Å²) in [5.74, 6) is -0.219. The summed E-state index contributed by atoms with van der Waals surface area (Å²) in [6.07, 6.45) is -2.18. The second kappa shape index (κ2) is 6.27. The summed E-state index contributed by atoms with van der Waals surface area (Å²) in [4.78, 5) is 11.4. The number of pyridine rings is 1. The van der Waals surface area contributed by atoms with Gasteiger partial charge in [-0.2, -0.15) is 13.2 Å². The Kier molecular flexibility index (Phi) is 4.14. The van der Waals surface area contributed by atoms with Crippen molar-refractivity contribution in [3.63, 3.8) is 0 Å². The van der Waals surface area contributed by atoms with Crippen molar-refractivity contribution in [3.05, 3.63) is 54.6 Å². The largest absolute Gasteiger partial charge is 0.504 e. The number of anilines is 2. The number of nitrogens with one attached hydrogen (secondary N) is 1. The van der Waals surface area contributed by atoms with Crippen molar-refractivity contribution in [2.45, 2.75) is 6.18 Å². The van der Waals surface area contributed by atoms with Crippen molar-refractivity contribution in [3.8, 4) is 22.8 Å². The highest BCUT2D eigenvalue weighted by Crippen LogP contribution is 2.31. The number of phenolic OH excluding ortho intramolecular Hbond substituents is 2. The number of aromatic nitrogens is 3. The molecule has 128 valence electrons. The first-order valence-electron chi connectivity index (χ1n) is 6.97. The predicted octanol–water partition coefficient (Wildman–Crippen LogP) is 3.71. The molecule has 9 heteroatoms. The Bertz CT molecular complexity index is 899. The Morgan fingerprint density at radius 1 is 0.880 bits per heavy atom. The van der Waals surface area contributed by atoms with Gasteiger partial charge in [0.05, 0.1) is 17.6 Å². The third-order valence-electron chi connectivity index (χ3n) is 3.26. The molecule has 0 aliphatic rings. The van der Waals surface area contributed by atoms with Crippen LogP contribution < -0.4 is 5.32 Å². The molecule has 0 saturated heterocycles. The van der Waals surface area contributed by atoms with Crippen LogP contribution in [0.3, 0.4) is 0 Å². The number of phenols is 2. The molecule has 0 amide bonds. The van der Waals surface area contributed by atoms with Gasteiger partial charge in [0, 0.05) is 11.6 Å². The van der Waals surface area contributed by atoms with E-state index in [1.165, 1.54) is 24.5 Å². The van der Waals surface area contributed by atoms with E-state index < -0.39 is 11.9 Å². The first-order chi connectivity index (χ1) is 11.8. The summed E-state index contributed by atoms with van der Waals surface area (Å²) in [5.41, 5.74) is 0.325. The van der Waals surface area contributed by atoms with E-state index in [0.29, 0.717) is 22.8 Å². The van der Waals surface area contributed by atoms with E-state index in [9.17, 15) is 23.4 Å². The maximum Gasteiger partial charge on any atom is 0.433 e. The quantitative estimate of drug-likeness (QED) is 0.625. The standard InChI is InChI=1S/C16H11F3N4O2/c17-16(18,19)14-4-2-10(7-20-14)23-15-6-11(21-8-22-15)9-1-3-12(24)13(25)5-9/h1-8,24-25H,(H,21,22,23). The lowest BCUT2D eigenvalue weighted by atomic mass is 10.1. The molecular formula is C16H11F3N4O2. The monoisotopic (exact) mass is 348 g/mol. The number of hydrogen-bond acceptors (Lipinski definition) is 6. The van der Waals surface area contributed by atoms with Gasteiger partial charge in [-0.3, -0.25) is 0 Å². The summed E-state index contributed by atoms with van der Waals surface area (Å²) >= 11 is 0. The first kappa shape index (κ1) is 16.5. The van der Waals surface area contributed by atoms with Crippen LogP contribution in [-0.4, -0.2) is 25.2 Å². The number of aromatic hydroxyl groups is 2.